The van der Waals surface area contributed by atoms with Crippen molar-refractivity contribution in [2.45, 2.75) is 25.9 Å². The Labute approximate surface area is 144 Å². The third-order valence-corrected chi connectivity index (χ3v) is 6.21. The van der Waals surface area contributed by atoms with Crippen molar-refractivity contribution in [1.29, 1.82) is 0 Å². The monoisotopic (exact) mass is 351 g/mol. The number of amides is 1. The van der Waals surface area contributed by atoms with Gasteiger partial charge in [0.05, 0.1) is 12.3 Å². The van der Waals surface area contributed by atoms with Crippen LogP contribution in [-0.4, -0.2) is 73.5 Å². The first-order chi connectivity index (χ1) is 11.3. The molecule has 2 fully saturated rings. The van der Waals surface area contributed by atoms with Crippen molar-refractivity contribution in [2.75, 3.05) is 39.0 Å². The van der Waals surface area contributed by atoms with Crippen LogP contribution in [-0.2, 0) is 21.4 Å². The molecule has 0 N–H and O–H groups in total. The van der Waals surface area contributed by atoms with Gasteiger partial charge >= 0.3 is 0 Å². The van der Waals surface area contributed by atoms with E-state index in [-0.39, 0.29) is 11.9 Å². The molecule has 0 radical (unpaired) electrons. The van der Waals surface area contributed by atoms with Crippen LogP contribution in [0.25, 0.3) is 0 Å². The summed E-state index contributed by atoms with van der Waals surface area (Å²) in [5.41, 5.74) is 2.33. The highest BCUT2D eigenvalue weighted by Crippen LogP contribution is 2.21. The normalized spacial score (nSPS) is 23.8. The van der Waals surface area contributed by atoms with E-state index in [0.717, 1.165) is 12.1 Å². The Hall–Kier alpha value is -1.44. The van der Waals surface area contributed by atoms with E-state index in [0.29, 0.717) is 39.1 Å². The van der Waals surface area contributed by atoms with E-state index >= 15 is 0 Å². The first-order valence-electron chi connectivity index (χ1n) is 8.38. The minimum absolute atomic E-state index is 0.123. The van der Waals surface area contributed by atoms with Gasteiger partial charge in [0, 0.05) is 39.3 Å². The van der Waals surface area contributed by atoms with Crippen LogP contribution in [0.5, 0.6) is 0 Å². The molecule has 1 atom stereocenters. The maximum absolute atomic E-state index is 12.9. The average molecular weight is 351 g/mol. The molecule has 2 heterocycles. The molecule has 7 heteroatoms. The Kier molecular flexibility index (Phi) is 4.94. The lowest BCUT2D eigenvalue weighted by atomic mass is 10.1. The predicted octanol–water partition coefficient (Wildman–Crippen LogP) is 0.673. The van der Waals surface area contributed by atoms with Crippen molar-refractivity contribution >= 4 is 15.9 Å². The van der Waals surface area contributed by atoms with E-state index in [1.165, 1.54) is 16.1 Å². The zero-order valence-electron chi connectivity index (χ0n) is 14.3. The van der Waals surface area contributed by atoms with Crippen LogP contribution < -0.4 is 0 Å². The van der Waals surface area contributed by atoms with Crippen LogP contribution in [0.3, 0.4) is 0 Å². The number of carbonyl (C=O) groups excluding carboxylic acids is 1. The van der Waals surface area contributed by atoms with E-state index in [4.69, 9.17) is 0 Å². The molecule has 1 unspecified atom stereocenters. The molecule has 1 amide bonds. The van der Waals surface area contributed by atoms with Gasteiger partial charge in [0.1, 0.15) is 0 Å². The summed E-state index contributed by atoms with van der Waals surface area (Å²) < 4.78 is 25.0. The lowest BCUT2D eigenvalue weighted by molar-refractivity contribution is -0.142. The van der Waals surface area contributed by atoms with E-state index < -0.39 is 10.0 Å². The van der Waals surface area contributed by atoms with Gasteiger partial charge < -0.3 is 4.90 Å². The van der Waals surface area contributed by atoms with Crippen molar-refractivity contribution in [2.24, 2.45) is 0 Å². The van der Waals surface area contributed by atoms with Gasteiger partial charge in [0.2, 0.25) is 15.9 Å². The molecule has 0 bridgehead atoms. The number of sulfonamides is 1. The van der Waals surface area contributed by atoms with Crippen molar-refractivity contribution in [1.82, 2.24) is 14.1 Å². The SMILES string of the molecule is Cc1cccc(CN2CCN3CCN(S(C)(=O)=O)CCC3C2=O)c1. The molecule has 0 aromatic heterocycles. The van der Waals surface area contributed by atoms with Gasteiger partial charge in [0.25, 0.3) is 0 Å². The van der Waals surface area contributed by atoms with Crippen LogP contribution in [0.2, 0.25) is 0 Å². The van der Waals surface area contributed by atoms with Gasteiger partial charge in [-0.2, -0.15) is 0 Å². The van der Waals surface area contributed by atoms with Crippen molar-refractivity contribution in [3.63, 3.8) is 0 Å². The number of hydrogen-bond donors (Lipinski definition) is 0. The summed E-state index contributed by atoms with van der Waals surface area (Å²) in [6.07, 6.45) is 1.80. The Morgan fingerprint density at radius 1 is 1.12 bits per heavy atom. The second-order valence-electron chi connectivity index (χ2n) is 6.75. The smallest absolute Gasteiger partial charge is 0.240 e. The molecule has 0 spiro atoms. The van der Waals surface area contributed by atoms with Crippen LogP contribution in [0.15, 0.2) is 24.3 Å². The maximum Gasteiger partial charge on any atom is 0.240 e. The predicted molar refractivity (Wildman–Crippen MR) is 93.0 cm³/mol. The van der Waals surface area contributed by atoms with Gasteiger partial charge in [0.15, 0.2) is 0 Å². The summed E-state index contributed by atoms with van der Waals surface area (Å²) in [6, 6.07) is 8.02. The molecule has 2 aliphatic rings. The quantitative estimate of drug-likeness (QED) is 0.803. The van der Waals surface area contributed by atoms with Crippen LogP contribution in [0.4, 0.5) is 0 Å². The fourth-order valence-corrected chi connectivity index (χ4v) is 4.44. The van der Waals surface area contributed by atoms with Crippen LogP contribution in [0.1, 0.15) is 17.5 Å². The number of hydrogen-bond acceptors (Lipinski definition) is 4. The van der Waals surface area contributed by atoms with Crippen LogP contribution in [0, 0.1) is 6.92 Å². The number of fused-ring (bicyclic) bond motifs is 1. The number of aryl methyl sites for hydroxylation is 1. The minimum atomic E-state index is -3.19. The number of benzene rings is 1. The van der Waals surface area contributed by atoms with E-state index in [1.807, 2.05) is 30.0 Å². The lowest BCUT2D eigenvalue weighted by Gasteiger charge is -2.39. The topological polar surface area (TPSA) is 60.9 Å². The van der Waals surface area contributed by atoms with Gasteiger partial charge in [-0.1, -0.05) is 29.8 Å². The molecule has 3 rings (SSSR count). The highest BCUT2D eigenvalue weighted by Gasteiger charge is 2.37. The molecule has 2 aliphatic heterocycles. The highest BCUT2D eigenvalue weighted by molar-refractivity contribution is 7.88. The molecule has 132 valence electrons. The first-order valence-corrected chi connectivity index (χ1v) is 10.2. The average Bonchev–Trinajstić information content (AvgIpc) is 2.73. The second-order valence-corrected chi connectivity index (χ2v) is 8.73. The molecule has 0 aliphatic carbocycles. The van der Waals surface area contributed by atoms with Crippen LogP contribution >= 0.6 is 0 Å². The summed E-state index contributed by atoms with van der Waals surface area (Å²) in [6.45, 7) is 5.70. The summed E-state index contributed by atoms with van der Waals surface area (Å²) in [7, 11) is -3.19. The summed E-state index contributed by atoms with van der Waals surface area (Å²) >= 11 is 0. The van der Waals surface area contributed by atoms with Crippen molar-refractivity contribution < 1.29 is 13.2 Å². The fourth-order valence-electron chi connectivity index (χ4n) is 3.59. The molecular formula is C17H25N3O3S. The molecule has 24 heavy (non-hydrogen) atoms. The van der Waals surface area contributed by atoms with E-state index in [9.17, 15) is 13.2 Å². The van der Waals surface area contributed by atoms with E-state index in [1.54, 1.807) is 0 Å². The summed E-state index contributed by atoms with van der Waals surface area (Å²) in [5, 5.41) is 0. The van der Waals surface area contributed by atoms with Gasteiger partial charge in [-0.3, -0.25) is 9.69 Å². The minimum Gasteiger partial charge on any atom is -0.336 e. The Morgan fingerprint density at radius 2 is 1.88 bits per heavy atom. The molecular weight excluding hydrogens is 326 g/mol. The first kappa shape index (κ1) is 17.4. The largest absolute Gasteiger partial charge is 0.336 e. The lowest BCUT2D eigenvalue weighted by Crippen LogP contribution is -2.56. The Morgan fingerprint density at radius 3 is 2.58 bits per heavy atom. The van der Waals surface area contributed by atoms with E-state index in [2.05, 4.69) is 11.0 Å². The third-order valence-electron chi connectivity index (χ3n) is 4.91. The van der Waals surface area contributed by atoms with Gasteiger partial charge in [-0.25, -0.2) is 12.7 Å². The Bertz CT molecular complexity index is 720. The van der Waals surface area contributed by atoms with Crippen molar-refractivity contribution in [3.05, 3.63) is 35.4 Å². The molecule has 0 saturated carbocycles. The molecule has 6 nitrogen and oxygen atoms in total. The molecule has 1 aromatic rings. The zero-order chi connectivity index (χ0) is 17.3. The number of piperazine rings is 1. The Balaban J connectivity index is 1.70. The number of carbonyl (C=O) groups is 1. The molecule has 2 saturated heterocycles. The zero-order valence-corrected chi connectivity index (χ0v) is 15.1. The fraction of sp³-hybridized carbons (Fsp3) is 0.588. The second kappa shape index (κ2) is 6.82. The van der Waals surface area contributed by atoms with Gasteiger partial charge in [-0.15, -0.1) is 0 Å². The summed E-state index contributed by atoms with van der Waals surface area (Å²) in [5.74, 6) is 0.123. The maximum atomic E-state index is 12.9. The number of rotatable bonds is 3. The summed E-state index contributed by atoms with van der Waals surface area (Å²) in [4.78, 5) is 16.9. The number of nitrogens with zero attached hydrogens (tertiary/aromatic N) is 3. The highest BCUT2D eigenvalue weighted by atomic mass is 32.2. The third kappa shape index (κ3) is 3.79. The van der Waals surface area contributed by atoms with Crippen molar-refractivity contribution in [3.8, 4) is 0 Å². The van der Waals surface area contributed by atoms with Gasteiger partial charge in [-0.05, 0) is 18.9 Å². The standard InChI is InChI=1S/C17H25N3O3S/c1-14-4-3-5-15(12-14)13-19-9-8-18-10-11-20(24(2,22)23)7-6-16(18)17(19)21/h3-5,12,16H,6-11,13H2,1-2H3. The molecule has 1 aromatic carbocycles.